The molecule has 1 aliphatic carbocycles. The summed E-state index contributed by atoms with van der Waals surface area (Å²) in [5.41, 5.74) is 0.460. The van der Waals surface area contributed by atoms with Crippen molar-refractivity contribution in [1.29, 1.82) is 0 Å². The lowest BCUT2D eigenvalue weighted by Crippen LogP contribution is -2.54. The van der Waals surface area contributed by atoms with Gasteiger partial charge >= 0.3 is 0 Å². The second-order valence-electron chi connectivity index (χ2n) is 7.74. The highest BCUT2D eigenvalue weighted by molar-refractivity contribution is 4.93. The van der Waals surface area contributed by atoms with Gasteiger partial charge in [0.2, 0.25) is 0 Å². The van der Waals surface area contributed by atoms with Crippen LogP contribution >= 0.6 is 0 Å². The first-order valence-corrected chi connectivity index (χ1v) is 8.72. The molecule has 1 saturated carbocycles. The van der Waals surface area contributed by atoms with E-state index in [-0.39, 0.29) is 5.60 Å². The maximum absolute atomic E-state index is 5.76. The molecule has 122 valence electrons. The van der Waals surface area contributed by atoms with Gasteiger partial charge in [0.15, 0.2) is 0 Å². The third kappa shape index (κ3) is 4.19. The average molecular weight is 296 g/mol. The SMILES string of the molecule is COC1(C)CCCN(CC2(CNC3CC3)CCOCC2)C1. The Kier molecular flexibility index (Phi) is 4.89. The zero-order valence-corrected chi connectivity index (χ0v) is 13.8. The van der Waals surface area contributed by atoms with Crippen LogP contribution < -0.4 is 5.32 Å². The molecule has 21 heavy (non-hydrogen) atoms. The number of rotatable bonds is 6. The maximum Gasteiger partial charge on any atom is 0.0777 e. The molecule has 2 saturated heterocycles. The number of ether oxygens (including phenoxy) is 2. The smallest absolute Gasteiger partial charge is 0.0777 e. The van der Waals surface area contributed by atoms with E-state index in [0.717, 1.165) is 25.8 Å². The highest BCUT2D eigenvalue weighted by atomic mass is 16.5. The number of nitrogens with one attached hydrogen (secondary N) is 1. The largest absolute Gasteiger partial charge is 0.381 e. The molecule has 0 spiro atoms. The Balaban J connectivity index is 1.59. The van der Waals surface area contributed by atoms with E-state index in [2.05, 4.69) is 17.1 Å². The van der Waals surface area contributed by atoms with Crippen molar-refractivity contribution in [1.82, 2.24) is 10.2 Å². The Morgan fingerprint density at radius 1 is 1.24 bits per heavy atom. The molecule has 0 aromatic heterocycles. The molecule has 0 amide bonds. The first-order valence-electron chi connectivity index (χ1n) is 8.72. The van der Waals surface area contributed by atoms with Gasteiger partial charge in [0.1, 0.15) is 0 Å². The summed E-state index contributed by atoms with van der Waals surface area (Å²) >= 11 is 0. The van der Waals surface area contributed by atoms with E-state index in [9.17, 15) is 0 Å². The maximum atomic E-state index is 5.76. The molecule has 2 heterocycles. The Labute approximate surface area is 129 Å². The van der Waals surface area contributed by atoms with E-state index in [4.69, 9.17) is 9.47 Å². The van der Waals surface area contributed by atoms with Gasteiger partial charge in [0.05, 0.1) is 5.60 Å². The summed E-state index contributed by atoms with van der Waals surface area (Å²) in [6.07, 6.45) is 7.60. The first kappa shape index (κ1) is 15.7. The monoisotopic (exact) mass is 296 g/mol. The van der Waals surface area contributed by atoms with E-state index in [1.54, 1.807) is 0 Å². The molecule has 3 fully saturated rings. The third-order valence-electron chi connectivity index (χ3n) is 5.69. The molecule has 3 rings (SSSR count). The van der Waals surface area contributed by atoms with Crippen LogP contribution in [0.4, 0.5) is 0 Å². The number of nitrogens with zero attached hydrogens (tertiary/aromatic N) is 1. The fraction of sp³-hybridized carbons (Fsp3) is 1.00. The zero-order chi connectivity index (χ0) is 14.8. The van der Waals surface area contributed by atoms with E-state index < -0.39 is 0 Å². The molecular weight excluding hydrogens is 264 g/mol. The Bertz CT molecular complexity index is 340. The molecule has 4 heteroatoms. The van der Waals surface area contributed by atoms with Crippen molar-refractivity contribution in [3.63, 3.8) is 0 Å². The number of hydrogen-bond donors (Lipinski definition) is 1. The topological polar surface area (TPSA) is 33.7 Å². The van der Waals surface area contributed by atoms with Crippen LogP contribution in [0.25, 0.3) is 0 Å². The average Bonchev–Trinajstić information content (AvgIpc) is 3.31. The summed E-state index contributed by atoms with van der Waals surface area (Å²) in [5, 5.41) is 3.78. The van der Waals surface area contributed by atoms with Crippen LogP contribution in [-0.2, 0) is 9.47 Å². The van der Waals surface area contributed by atoms with Crippen molar-refractivity contribution in [2.24, 2.45) is 5.41 Å². The zero-order valence-electron chi connectivity index (χ0n) is 13.8. The summed E-state index contributed by atoms with van der Waals surface area (Å²) in [4.78, 5) is 2.65. The molecule has 4 nitrogen and oxygen atoms in total. The summed E-state index contributed by atoms with van der Waals surface area (Å²) in [6, 6.07) is 0.801. The van der Waals surface area contributed by atoms with Crippen molar-refractivity contribution in [2.75, 3.05) is 46.5 Å². The van der Waals surface area contributed by atoms with Gasteiger partial charge in [-0.15, -0.1) is 0 Å². The molecule has 0 aromatic rings. The van der Waals surface area contributed by atoms with Gasteiger partial charge in [-0.1, -0.05) is 0 Å². The summed E-state index contributed by atoms with van der Waals surface area (Å²) in [6.45, 7) is 8.80. The molecule has 0 bridgehead atoms. The van der Waals surface area contributed by atoms with Gasteiger partial charge < -0.3 is 14.8 Å². The summed E-state index contributed by atoms with van der Waals surface area (Å²) in [7, 11) is 1.86. The fourth-order valence-corrected chi connectivity index (χ4v) is 3.93. The predicted octanol–water partition coefficient (Wildman–Crippen LogP) is 2.04. The predicted molar refractivity (Wildman–Crippen MR) is 84.6 cm³/mol. The first-order chi connectivity index (χ1) is 10.1. The minimum absolute atomic E-state index is 0.0501. The Morgan fingerprint density at radius 3 is 2.67 bits per heavy atom. The number of piperidine rings is 1. The highest BCUT2D eigenvalue weighted by Gasteiger charge is 2.39. The molecule has 1 unspecified atom stereocenters. The van der Waals surface area contributed by atoms with E-state index in [0.29, 0.717) is 5.41 Å². The van der Waals surface area contributed by atoms with Gasteiger partial charge in [-0.3, -0.25) is 4.90 Å². The molecule has 3 aliphatic rings. The molecule has 0 radical (unpaired) electrons. The lowest BCUT2D eigenvalue weighted by Gasteiger charge is -2.46. The Morgan fingerprint density at radius 2 is 2.00 bits per heavy atom. The van der Waals surface area contributed by atoms with Crippen LogP contribution in [0.5, 0.6) is 0 Å². The lowest BCUT2D eigenvalue weighted by molar-refractivity contribution is -0.0706. The van der Waals surface area contributed by atoms with Gasteiger partial charge in [-0.25, -0.2) is 0 Å². The minimum atomic E-state index is 0.0501. The molecule has 1 atom stereocenters. The Hall–Kier alpha value is -0.160. The van der Waals surface area contributed by atoms with Crippen molar-refractivity contribution in [3.8, 4) is 0 Å². The van der Waals surface area contributed by atoms with Crippen LogP contribution in [0.2, 0.25) is 0 Å². The quantitative estimate of drug-likeness (QED) is 0.813. The minimum Gasteiger partial charge on any atom is -0.381 e. The van der Waals surface area contributed by atoms with Crippen molar-refractivity contribution >= 4 is 0 Å². The summed E-state index contributed by atoms with van der Waals surface area (Å²) < 4.78 is 11.4. The van der Waals surface area contributed by atoms with Gasteiger partial charge in [-0.05, 0) is 57.4 Å². The van der Waals surface area contributed by atoms with Crippen LogP contribution in [0, 0.1) is 5.41 Å². The third-order valence-corrected chi connectivity index (χ3v) is 5.69. The van der Waals surface area contributed by atoms with Gasteiger partial charge in [0, 0.05) is 46.0 Å². The van der Waals surface area contributed by atoms with Crippen LogP contribution in [0.15, 0.2) is 0 Å². The van der Waals surface area contributed by atoms with Crippen molar-refractivity contribution in [3.05, 3.63) is 0 Å². The van der Waals surface area contributed by atoms with Crippen LogP contribution in [-0.4, -0.2) is 63.0 Å². The molecule has 1 N–H and O–H groups in total. The highest BCUT2D eigenvalue weighted by Crippen LogP contribution is 2.34. The fourth-order valence-electron chi connectivity index (χ4n) is 3.93. The van der Waals surface area contributed by atoms with Gasteiger partial charge in [0.25, 0.3) is 0 Å². The molecule has 0 aromatic carbocycles. The van der Waals surface area contributed by atoms with E-state index >= 15 is 0 Å². The number of hydrogen-bond acceptors (Lipinski definition) is 4. The van der Waals surface area contributed by atoms with Crippen molar-refractivity contribution < 1.29 is 9.47 Å². The summed E-state index contributed by atoms with van der Waals surface area (Å²) in [5.74, 6) is 0. The number of methoxy groups -OCH3 is 1. The van der Waals surface area contributed by atoms with E-state index in [1.807, 2.05) is 7.11 Å². The molecule has 2 aliphatic heterocycles. The van der Waals surface area contributed by atoms with Crippen LogP contribution in [0.1, 0.15) is 45.4 Å². The number of likely N-dealkylation sites (tertiary alicyclic amines) is 1. The standard InChI is InChI=1S/C17H32N2O2/c1-16(20-2)6-3-9-19(13-16)14-17(7-10-21-11-8-17)12-18-15-4-5-15/h15,18H,3-14H2,1-2H3. The lowest BCUT2D eigenvalue weighted by atomic mass is 9.78. The molecular formula is C17H32N2O2. The second kappa shape index (κ2) is 6.53. The van der Waals surface area contributed by atoms with Crippen LogP contribution in [0.3, 0.4) is 0 Å². The van der Waals surface area contributed by atoms with Crippen molar-refractivity contribution in [2.45, 2.75) is 57.1 Å². The van der Waals surface area contributed by atoms with E-state index in [1.165, 1.54) is 58.2 Å². The van der Waals surface area contributed by atoms with Gasteiger partial charge in [-0.2, -0.15) is 0 Å². The second-order valence-corrected chi connectivity index (χ2v) is 7.74. The normalized spacial score (nSPS) is 34.0.